The first kappa shape index (κ1) is 13.1. The van der Waals surface area contributed by atoms with Crippen LogP contribution in [-0.4, -0.2) is 30.1 Å². The number of nitrogens with one attached hydrogen (secondary N) is 2. The molecule has 0 saturated heterocycles. The van der Waals surface area contributed by atoms with Crippen LogP contribution in [0.5, 0.6) is 0 Å². The summed E-state index contributed by atoms with van der Waals surface area (Å²) in [7, 11) is 0. The summed E-state index contributed by atoms with van der Waals surface area (Å²) in [5, 5.41) is 6.62. The van der Waals surface area contributed by atoms with Crippen LogP contribution in [-0.2, 0) is 0 Å². The molecule has 8 heteroatoms. The van der Waals surface area contributed by atoms with Crippen molar-refractivity contribution < 1.29 is 0 Å². The third-order valence-corrected chi connectivity index (χ3v) is 3.99. The fourth-order valence-corrected chi connectivity index (χ4v) is 3.06. The monoisotopic (exact) mass is 304 g/mol. The number of rotatable bonds is 3. The van der Waals surface area contributed by atoms with Gasteiger partial charge in [0.05, 0.1) is 16.8 Å². The first-order chi connectivity index (χ1) is 9.65. The Morgan fingerprint density at radius 3 is 2.65 bits per heavy atom. The Bertz CT molecular complexity index is 771. The van der Waals surface area contributed by atoms with E-state index in [1.54, 1.807) is 18.6 Å². The molecular formula is C12H12N6S2. The van der Waals surface area contributed by atoms with Gasteiger partial charge in [0.25, 0.3) is 0 Å². The minimum atomic E-state index is 0.283. The molecule has 0 atom stereocenters. The van der Waals surface area contributed by atoms with Gasteiger partial charge in [0.15, 0.2) is 5.82 Å². The van der Waals surface area contributed by atoms with E-state index in [2.05, 4.69) is 44.0 Å². The second-order valence-corrected chi connectivity index (χ2v) is 5.88. The molecule has 0 amide bonds. The van der Waals surface area contributed by atoms with E-state index in [1.807, 2.05) is 0 Å². The molecule has 2 N–H and O–H groups in total. The van der Waals surface area contributed by atoms with E-state index in [4.69, 9.17) is 12.2 Å². The van der Waals surface area contributed by atoms with E-state index >= 15 is 0 Å². The molecule has 0 aliphatic heterocycles. The molecule has 0 radical (unpaired) electrons. The van der Waals surface area contributed by atoms with Crippen molar-refractivity contribution in [2.75, 3.05) is 0 Å². The van der Waals surface area contributed by atoms with Crippen LogP contribution in [0.4, 0.5) is 0 Å². The highest BCUT2D eigenvalue weighted by molar-refractivity contribution is 7.71. The SMILES string of the molecule is CC(C)c1nc(-c2cnccn2)sc1-c1nc(=S)[nH][nH]1. The summed E-state index contributed by atoms with van der Waals surface area (Å²) in [5.41, 5.74) is 1.74. The number of aromatic nitrogens is 6. The highest BCUT2D eigenvalue weighted by Gasteiger charge is 2.19. The number of hydrogen-bond donors (Lipinski definition) is 2. The molecule has 102 valence electrons. The fourth-order valence-electron chi connectivity index (χ4n) is 1.79. The van der Waals surface area contributed by atoms with E-state index in [-0.39, 0.29) is 5.92 Å². The third kappa shape index (κ3) is 2.39. The Labute approximate surface area is 124 Å². The van der Waals surface area contributed by atoms with Gasteiger partial charge in [-0.25, -0.2) is 4.98 Å². The number of thiazole rings is 1. The first-order valence-electron chi connectivity index (χ1n) is 6.07. The maximum atomic E-state index is 5.01. The summed E-state index contributed by atoms with van der Waals surface area (Å²) < 4.78 is 0.434. The second-order valence-electron chi connectivity index (χ2n) is 4.49. The maximum absolute atomic E-state index is 5.01. The minimum Gasteiger partial charge on any atom is -0.281 e. The van der Waals surface area contributed by atoms with Gasteiger partial charge in [-0.1, -0.05) is 13.8 Å². The summed E-state index contributed by atoms with van der Waals surface area (Å²) in [6, 6.07) is 0. The molecular weight excluding hydrogens is 292 g/mol. The summed E-state index contributed by atoms with van der Waals surface area (Å²) in [4.78, 5) is 18.3. The van der Waals surface area contributed by atoms with Crippen molar-refractivity contribution >= 4 is 23.6 Å². The van der Waals surface area contributed by atoms with E-state index < -0.39 is 0 Å². The lowest BCUT2D eigenvalue weighted by molar-refractivity contribution is 0.834. The Morgan fingerprint density at radius 2 is 2.05 bits per heavy atom. The average Bonchev–Trinajstić information content (AvgIpc) is 3.05. The number of H-pyrrole nitrogens is 2. The van der Waals surface area contributed by atoms with E-state index in [0.29, 0.717) is 10.6 Å². The van der Waals surface area contributed by atoms with Gasteiger partial charge in [0.2, 0.25) is 4.77 Å². The molecule has 0 fully saturated rings. The molecule has 0 aromatic carbocycles. The van der Waals surface area contributed by atoms with Gasteiger partial charge in [-0.3, -0.25) is 20.2 Å². The highest BCUT2D eigenvalue weighted by atomic mass is 32.1. The van der Waals surface area contributed by atoms with Crippen molar-refractivity contribution in [2.24, 2.45) is 0 Å². The van der Waals surface area contributed by atoms with Crippen LogP contribution in [0.1, 0.15) is 25.5 Å². The maximum Gasteiger partial charge on any atom is 0.213 e. The largest absolute Gasteiger partial charge is 0.281 e. The molecule has 6 nitrogen and oxygen atoms in total. The van der Waals surface area contributed by atoms with Gasteiger partial charge in [-0.05, 0) is 18.1 Å². The second kappa shape index (κ2) is 5.22. The van der Waals surface area contributed by atoms with Crippen LogP contribution in [0.25, 0.3) is 21.4 Å². The number of aromatic amines is 2. The van der Waals surface area contributed by atoms with Crippen LogP contribution in [0.3, 0.4) is 0 Å². The Hall–Kier alpha value is -1.93. The fraction of sp³-hybridized carbons (Fsp3) is 0.250. The predicted molar refractivity (Wildman–Crippen MR) is 80.0 cm³/mol. The molecule has 0 spiro atoms. The van der Waals surface area contributed by atoms with Gasteiger partial charge in [0.1, 0.15) is 10.7 Å². The van der Waals surface area contributed by atoms with Gasteiger partial charge in [-0.15, -0.1) is 11.3 Å². The van der Waals surface area contributed by atoms with Crippen LogP contribution < -0.4 is 0 Å². The van der Waals surface area contributed by atoms with Crippen molar-refractivity contribution in [1.29, 1.82) is 0 Å². The summed E-state index contributed by atoms with van der Waals surface area (Å²) in [6.07, 6.45) is 5.01. The van der Waals surface area contributed by atoms with Gasteiger partial charge in [0, 0.05) is 12.4 Å². The Balaban J connectivity index is 2.14. The molecule has 0 aliphatic carbocycles. The van der Waals surface area contributed by atoms with Crippen molar-refractivity contribution in [2.45, 2.75) is 19.8 Å². The molecule has 3 rings (SSSR count). The van der Waals surface area contributed by atoms with Crippen molar-refractivity contribution in [1.82, 2.24) is 30.1 Å². The lowest BCUT2D eigenvalue weighted by Crippen LogP contribution is -1.92. The van der Waals surface area contributed by atoms with Crippen molar-refractivity contribution in [3.63, 3.8) is 0 Å². The van der Waals surface area contributed by atoms with Crippen molar-refractivity contribution in [3.05, 3.63) is 29.1 Å². The minimum absolute atomic E-state index is 0.283. The van der Waals surface area contributed by atoms with E-state index in [0.717, 1.165) is 21.3 Å². The topological polar surface area (TPSA) is 83.1 Å². The molecule has 20 heavy (non-hydrogen) atoms. The number of hydrogen-bond acceptors (Lipinski definition) is 6. The van der Waals surface area contributed by atoms with E-state index in [9.17, 15) is 0 Å². The lowest BCUT2D eigenvalue weighted by atomic mass is 10.1. The molecule has 0 unspecified atom stereocenters. The standard InChI is InChI=1S/C12H12N6S2/c1-6(2)8-9(10-16-12(19)18-17-10)20-11(15-8)7-5-13-3-4-14-7/h3-6H,1-2H3,(H2,16,17,18,19). The van der Waals surface area contributed by atoms with Crippen LogP contribution in [0, 0.1) is 4.77 Å². The quantitative estimate of drug-likeness (QED) is 0.726. The first-order valence-corrected chi connectivity index (χ1v) is 7.30. The zero-order valence-electron chi connectivity index (χ0n) is 10.9. The van der Waals surface area contributed by atoms with E-state index in [1.165, 1.54) is 11.3 Å². The van der Waals surface area contributed by atoms with Gasteiger partial charge in [-0.2, -0.15) is 4.98 Å². The highest BCUT2D eigenvalue weighted by Crippen LogP contribution is 2.36. The van der Waals surface area contributed by atoms with Crippen molar-refractivity contribution in [3.8, 4) is 21.4 Å². The summed E-state index contributed by atoms with van der Waals surface area (Å²) in [6.45, 7) is 4.19. The molecule has 3 heterocycles. The molecule has 3 aromatic heterocycles. The summed E-state index contributed by atoms with van der Waals surface area (Å²) >= 11 is 6.54. The van der Waals surface area contributed by atoms with Crippen LogP contribution in [0.2, 0.25) is 0 Å². The van der Waals surface area contributed by atoms with Crippen LogP contribution >= 0.6 is 23.6 Å². The Morgan fingerprint density at radius 1 is 1.20 bits per heavy atom. The zero-order valence-corrected chi connectivity index (χ0v) is 12.5. The summed E-state index contributed by atoms with van der Waals surface area (Å²) in [5.74, 6) is 0.997. The smallest absolute Gasteiger partial charge is 0.213 e. The molecule has 3 aromatic rings. The molecule has 0 aliphatic rings. The normalized spacial score (nSPS) is 11.2. The molecule has 0 saturated carbocycles. The van der Waals surface area contributed by atoms with Crippen LogP contribution in [0.15, 0.2) is 18.6 Å². The average molecular weight is 304 g/mol. The lowest BCUT2D eigenvalue weighted by Gasteiger charge is -2.01. The number of nitrogens with zero attached hydrogens (tertiary/aromatic N) is 4. The van der Waals surface area contributed by atoms with Gasteiger partial charge >= 0.3 is 0 Å². The van der Waals surface area contributed by atoms with Gasteiger partial charge < -0.3 is 0 Å². The predicted octanol–water partition coefficient (Wildman–Crippen LogP) is 3.17. The third-order valence-electron chi connectivity index (χ3n) is 2.70. The molecule has 0 bridgehead atoms. The Kier molecular flexibility index (Phi) is 3.41. The zero-order chi connectivity index (χ0) is 14.1.